The first-order chi connectivity index (χ1) is 4.20. The highest BCUT2D eigenvalue weighted by atomic mass is 19.1. The van der Waals surface area contributed by atoms with Gasteiger partial charge in [0.1, 0.15) is 11.6 Å². The van der Waals surface area contributed by atoms with Crippen LogP contribution in [0.2, 0.25) is 0 Å². The Morgan fingerprint density at radius 3 is 2.20 bits per heavy atom. The highest BCUT2D eigenvalue weighted by Gasteiger charge is 1.96. The van der Waals surface area contributed by atoms with Crippen LogP contribution in [0.5, 0.6) is 0 Å². The largest absolute Gasteiger partial charge is 0.396 e. The van der Waals surface area contributed by atoms with Crippen LogP contribution in [0.15, 0.2) is 18.2 Å². The maximum atomic E-state index is 12.2. The van der Waals surface area contributed by atoms with Gasteiger partial charge in [-0.25, -0.2) is 8.78 Å². The molecular weight excluding hydrogens is 143 g/mol. The molecule has 10 heavy (non-hydrogen) atoms. The van der Waals surface area contributed by atoms with Crippen LogP contribution >= 0.6 is 0 Å². The Labute approximate surface area is 55.8 Å². The Morgan fingerprint density at radius 2 is 1.80 bits per heavy atom. The van der Waals surface area contributed by atoms with Crippen molar-refractivity contribution in [1.82, 2.24) is 0 Å². The van der Waals surface area contributed by atoms with E-state index in [0.717, 1.165) is 12.1 Å². The summed E-state index contributed by atoms with van der Waals surface area (Å²) < 4.78 is 24.3. The predicted molar refractivity (Wildman–Crippen MR) is 33.3 cm³/mol. The summed E-state index contributed by atoms with van der Waals surface area (Å²) in [6.07, 6.45) is 0. The fraction of sp³-hybridized carbons (Fsp3) is 0. The molecule has 4 heteroatoms. The fourth-order valence-electron chi connectivity index (χ4n) is 0.502. The molecule has 0 bridgehead atoms. The molecule has 2 N–H and O–H groups in total. The van der Waals surface area contributed by atoms with E-state index in [4.69, 9.17) is 5.73 Å². The number of benzene rings is 1. The van der Waals surface area contributed by atoms with E-state index in [2.05, 4.69) is 0 Å². The lowest BCUT2D eigenvalue weighted by atomic mass is 10.3. The van der Waals surface area contributed by atoms with Gasteiger partial charge in [0.05, 0.1) is 5.69 Å². The van der Waals surface area contributed by atoms with Gasteiger partial charge in [-0.3, -0.25) is 4.70 Å². The number of anilines is 1. The summed E-state index contributed by atoms with van der Waals surface area (Å²) in [5, 5.41) is 0. The van der Waals surface area contributed by atoms with Crippen LogP contribution in [0, 0.1) is 11.6 Å². The van der Waals surface area contributed by atoms with E-state index in [1.807, 2.05) is 0 Å². The minimum absolute atomic E-state index is 0. The van der Waals surface area contributed by atoms with E-state index in [0.29, 0.717) is 0 Å². The fourth-order valence-corrected chi connectivity index (χ4v) is 0.502. The summed E-state index contributed by atoms with van der Waals surface area (Å²) >= 11 is 0. The van der Waals surface area contributed by atoms with Crippen molar-refractivity contribution in [3.63, 3.8) is 0 Å². The molecule has 0 atom stereocenters. The van der Waals surface area contributed by atoms with Crippen LogP contribution in [-0.4, -0.2) is 0 Å². The third-order valence-electron chi connectivity index (χ3n) is 0.962. The summed E-state index contributed by atoms with van der Waals surface area (Å²) in [6.45, 7) is 0. The number of halogens is 3. The zero-order valence-corrected chi connectivity index (χ0v) is 4.97. The van der Waals surface area contributed by atoms with Crippen LogP contribution in [-0.2, 0) is 0 Å². The van der Waals surface area contributed by atoms with Crippen LogP contribution in [0.25, 0.3) is 0 Å². The molecule has 0 spiro atoms. The van der Waals surface area contributed by atoms with Gasteiger partial charge >= 0.3 is 0 Å². The lowest BCUT2D eigenvalue weighted by Gasteiger charge is -1.92. The second kappa shape index (κ2) is 3.10. The van der Waals surface area contributed by atoms with Crippen molar-refractivity contribution in [3.05, 3.63) is 29.8 Å². The second-order valence-corrected chi connectivity index (χ2v) is 1.67. The lowest BCUT2D eigenvalue weighted by Crippen LogP contribution is -1.89. The average molecular weight is 149 g/mol. The molecule has 0 heterocycles. The van der Waals surface area contributed by atoms with Gasteiger partial charge in [0.2, 0.25) is 0 Å². The number of nitrogen functional groups attached to an aromatic ring is 1. The summed E-state index contributed by atoms with van der Waals surface area (Å²) in [5.74, 6) is -1.32. The van der Waals surface area contributed by atoms with E-state index in [1.54, 1.807) is 0 Å². The van der Waals surface area contributed by atoms with Gasteiger partial charge in [0.25, 0.3) is 0 Å². The number of nitrogens with two attached hydrogens (primary N) is 1. The SMILES string of the molecule is F.Nc1ccc(F)cc1F. The molecule has 0 fully saturated rings. The third-order valence-corrected chi connectivity index (χ3v) is 0.962. The standard InChI is InChI=1S/C6H5F2N.FH/c7-4-1-2-6(9)5(8)3-4;/h1-3H,9H2;1H. The van der Waals surface area contributed by atoms with Gasteiger partial charge in [0, 0.05) is 6.07 Å². The van der Waals surface area contributed by atoms with Crippen molar-refractivity contribution >= 4 is 5.69 Å². The minimum atomic E-state index is -0.713. The molecule has 1 aromatic rings. The Morgan fingerprint density at radius 1 is 1.20 bits per heavy atom. The van der Waals surface area contributed by atoms with Gasteiger partial charge in [-0.2, -0.15) is 0 Å². The molecule has 1 nitrogen and oxygen atoms in total. The maximum absolute atomic E-state index is 12.2. The second-order valence-electron chi connectivity index (χ2n) is 1.67. The van der Waals surface area contributed by atoms with Gasteiger partial charge in [0.15, 0.2) is 0 Å². The zero-order valence-electron chi connectivity index (χ0n) is 4.97. The van der Waals surface area contributed by atoms with E-state index >= 15 is 0 Å². The first-order valence-corrected chi connectivity index (χ1v) is 2.40. The number of hydrogen-bond acceptors (Lipinski definition) is 1. The monoisotopic (exact) mass is 149 g/mol. The summed E-state index contributed by atoms with van der Waals surface area (Å²) in [6, 6.07) is 3.04. The van der Waals surface area contributed by atoms with Crippen LogP contribution < -0.4 is 5.73 Å². The Kier molecular flexibility index (Phi) is 2.73. The van der Waals surface area contributed by atoms with Gasteiger partial charge in [-0.1, -0.05) is 0 Å². The smallest absolute Gasteiger partial charge is 0.148 e. The van der Waals surface area contributed by atoms with Crippen LogP contribution in [0.1, 0.15) is 0 Å². The van der Waals surface area contributed by atoms with Crippen molar-refractivity contribution < 1.29 is 13.5 Å². The van der Waals surface area contributed by atoms with Crippen molar-refractivity contribution in [2.45, 2.75) is 0 Å². The molecule has 0 aromatic heterocycles. The predicted octanol–water partition coefficient (Wildman–Crippen LogP) is 1.70. The summed E-state index contributed by atoms with van der Waals surface area (Å²) in [7, 11) is 0. The van der Waals surface area contributed by atoms with Crippen molar-refractivity contribution in [2.24, 2.45) is 0 Å². The van der Waals surface area contributed by atoms with Crippen LogP contribution in [0.4, 0.5) is 19.2 Å². The molecule has 0 aliphatic heterocycles. The van der Waals surface area contributed by atoms with Gasteiger partial charge in [-0.15, -0.1) is 0 Å². The average Bonchev–Trinajstić information content (AvgIpc) is 1.80. The molecule has 0 amide bonds. The maximum Gasteiger partial charge on any atom is 0.148 e. The molecule has 1 rings (SSSR count). The molecule has 1 aromatic carbocycles. The summed E-state index contributed by atoms with van der Waals surface area (Å²) in [5.41, 5.74) is 5.02. The zero-order chi connectivity index (χ0) is 6.85. The summed E-state index contributed by atoms with van der Waals surface area (Å²) in [4.78, 5) is 0. The van der Waals surface area contributed by atoms with E-state index in [1.165, 1.54) is 6.07 Å². The highest BCUT2D eigenvalue weighted by Crippen LogP contribution is 2.09. The lowest BCUT2D eigenvalue weighted by molar-refractivity contribution is 0.586. The first-order valence-electron chi connectivity index (χ1n) is 2.40. The Hall–Kier alpha value is -1.19. The molecular formula is C6H6F3N. The van der Waals surface area contributed by atoms with Gasteiger partial charge < -0.3 is 5.73 Å². The molecule has 0 aliphatic carbocycles. The van der Waals surface area contributed by atoms with Crippen molar-refractivity contribution in [2.75, 3.05) is 5.73 Å². The molecule has 0 radical (unpaired) electrons. The normalized spacial score (nSPS) is 8.60. The van der Waals surface area contributed by atoms with Crippen molar-refractivity contribution in [1.29, 1.82) is 0 Å². The quantitative estimate of drug-likeness (QED) is 0.558. The molecule has 0 unspecified atom stereocenters. The number of hydrogen-bond donors (Lipinski definition) is 1. The Balaban J connectivity index is 0.000000810. The van der Waals surface area contributed by atoms with Crippen molar-refractivity contribution in [3.8, 4) is 0 Å². The minimum Gasteiger partial charge on any atom is -0.396 e. The topological polar surface area (TPSA) is 26.0 Å². The number of rotatable bonds is 0. The Bertz CT molecular complexity index is 224. The highest BCUT2D eigenvalue weighted by molar-refractivity contribution is 5.38. The van der Waals surface area contributed by atoms with Crippen LogP contribution in [0.3, 0.4) is 0 Å². The van der Waals surface area contributed by atoms with E-state index in [9.17, 15) is 8.78 Å². The molecule has 0 aliphatic rings. The molecule has 0 saturated carbocycles. The molecule has 0 saturated heterocycles. The van der Waals surface area contributed by atoms with E-state index in [-0.39, 0.29) is 10.4 Å². The van der Waals surface area contributed by atoms with Gasteiger partial charge in [-0.05, 0) is 12.1 Å². The first kappa shape index (κ1) is 8.81. The van der Waals surface area contributed by atoms with E-state index < -0.39 is 11.6 Å². The molecule has 56 valence electrons. The third kappa shape index (κ3) is 1.65.